The van der Waals surface area contributed by atoms with Crippen molar-refractivity contribution in [3.8, 4) is 28.6 Å². The van der Waals surface area contributed by atoms with Crippen LogP contribution in [0.3, 0.4) is 0 Å². The largest absolute Gasteiger partial charge is 0.507 e. The molecule has 30 heavy (non-hydrogen) atoms. The number of nitrogens with one attached hydrogen (secondary N) is 1. The minimum Gasteiger partial charge on any atom is -0.507 e. The predicted molar refractivity (Wildman–Crippen MR) is 118 cm³/mol. The molecule has 4 aromatic rings. The topological polar surface area (TPSA) is 108 Å². The maximum Gasteiger partial charge on any atom is 0.200 e. The number of aromatic amines is 1. The third kappa shape index (κ3) is 2.98. The van der Waals surface area contributed by atoms with Gasteiger partial charge in [-0.25, -0.2) is 0 Å². The summed E-state index contributed by atoms with van der Waals surface area (Å²) >= 11 is 5.49. The number of benzene rings is 2. The first-order valence-electron chi connectivity index (χ1n) is 9.57. The molecule has 0 saturated carbocycles. The van der Waals surface area contributed by atoms with Crippen molar-refractivity contribution in [1.29, 1.82) is 0 Å². The summed E-state index contributed by atoms with van der Waals surface area (Å²) in [6.45, 7) is 5.97. The minimum atomic E-state index is -0.119. The zero-order valence-corrected chi connectivity index (χ0v) is 17.6. The molecule has 0 fully saturated rings. The lowest BCUT2D eigenvalue weighted by atomic mass is 10.0. The lowest BCUT2D eigenvalue weighted by Crippen LogP contribution is -2.01. The van der Waals surface area contributed by atoms with Crippen LogP contribution in [0.1, 0.15) is 32.4 Å². The van der Waals surface area contributed by atoms with Gasteiger partial charge in [0, 0.05) is 23.7 Å². The fourth-order valence-electron chi connectivity index (χ4n) is 3.75. The van der Waals surface area contributed by atoms with E-state index >= 15 is 0 Å². The van der Waals surface area contributed by atoms with Gasteiger partial charge in [-0.3, -0.25) is 9.67 Å². The highest BCUT2D eigenvalue weighted by atomic mass is 32.1. The van der Waals surface area contributed by atoms with E-state index in [9.17, 15) is 15.1 Å². The van der Waals surface area contributed by atoms with Gasteiger partial charge in [0.05, 0.1) is 16.8 Å². The standard InChI is InChI=1S/C21H21N5O3S/c1-4-12-9-14(18(28)10-15(12)24-29)20-22-23-21(30)26(20)16-5-6-17(27)19-13(16)7-8-25(19)11(2)3/h5-11,27-28H,4H2,1-3H3,(H,23,30). The average Bonchev–Trinajstić information content (AvgIpc) is 3.33. The summed E-state index contributed by atoms with van der Waals surface area (Å²) in [5.41, 5.74) is 2.72. The SMILES string of the molecule is CCc1cc(-c2n[nH]c(=S)n2-c2ccc(O)c3c2ccn3C(C)C)c(O)cc1N=O. The molecule has 0 saturated heterocycles. The number of nitrogens with zero attached hydrogens (tertiary/aromatic N) is 4. The van der Waals surface area contributed by atoms with E-state index in [1.54, 1.807) is 22.8 Å². The molecule has 0 aliphatic carbocycles. The molecule has 8 nitrogen and oxygen atoms in total. The van der Waals surface area contributed by atoms with Gasteiger partial charge in [0.1, 0.15) is 17.2 Å². The van der Waals surface area contributed by atoms with Crippen LogP contribution in [0.15, 0.2) is 41.7 Å². The van der Waals surface area contributed by atoms with Gasteiger partial charge in [0.2, 0.25) is 0 Å². The highest BCUT2D eigenvalue weighted by Crippen LogP contribution is 2.38. The van der Waals surface area contributed by atoms with Crippen LogP contribution in [0.25, 0.3) is 28.0 Å². The van der Waals surface area contributed by atoms with Crippen molar-refractivity contribution in [1.82, 2.24) is 19.3 Å². The van der Waals surface area contributed by atoms with Gasteiger partial charge in [-0.05, 0) is 67.5 Å². The van der Waals surface area contributed by atoms with Crippen molar-refractivity contribution in [2.24, 2.45) is 5.18 Å². The van der Waals surface area contributed by atoms with Gasteiger partial charge >= 0.3 is 0 Å². The number of aryl methyl sites for hydroxylation is 1. The molecule has 4 rings (SSSR count). The molecule has 2 aromatic heterocycles. The van der Waals surface area contributed by atoms with E-state index in [1.165, 1.54) is 6.07 Å². The van der Waals surface area contributed by atoms with Crippen molar-refractivity contribution in [3.63, 3.8) is 0 Å². The van der Waals surface area contributed by atoms with E-state index < -0.39 is 0 Å². The van der Waals surface area contributed by atoms with Crippen LogP contribution in [0.5, 0.6) is 11.5 Å². The smallest absolute Gasteiger partial charge is 0.200 e. The number of aromatic nitrogens is 4. The van der Waals surface area contributed by atoms with E-state index in [0.717, 1.165) is 5.39 Å². The molecule has 0 atom stereocenters. The Morgan fingerprint density at radius 1 is 1.20 bits per heavy atom. The number of phenolic OH excluding ortho intramolecular Hbond substituents is 2. The van der Waals surface area contributed by atoms with Crippen LogP contribution in [0, 0.1) is 9.68 Å². The molecule has 0 unspecified atom stereocenters. The molecule has 0 amide bonds. The number of fused-ring (bicyclic) bond motifs is 1. The Balaban J connectivity index is 2.02. The number of H-pyrrole nitrogens is 1. The van der Waals surface area contributed by atoms with Crippen LogP contribution in [0.4, 0.5) is 5.69 Å². The fourth-order valence-corrected chi connectivity index (χ4v) is 3.98. The summed E-state index contributed by atoms with van der Waals surface area (Å²) in [4.78, 5) is 11.1. The highest BCUT2D eigenvalue weighted by molar-refractivity contribution is 7.71. The first-order chi connectivity index (χ1) is 14.4. The number of nitroso groups, excluding NO2 is 1. The number of rotatable bonds is 5. The minimum absolute atomic E-state index is 0.119. The Morgan fingerprint density at radius 3 is 2.63 bits per heavy atom. The first kappa shape index (κ1) is 19.8. The Bertz CT molecular complexity index is 1330. The van der Waals surface area contributed by atoms with E-state index in [2.05, 4.69) is 15.4 Å². The highest BCUT2D eigenvalue weighted by Gasteiger charge is 2.20. The summed E-state index contributed by atoms with van der Waals surface area (Å²) in [7, 11) is 0. The van der Waals surface area contributed by atoms with Gasteiger partial charge in [-0.2, -0.15) is 5.10 Å². The van der Waals surface area contributed by atoms with Gasteiger partial charge in [-0.15, -0.1) is 4.91 Å². The lowest BCUT2D eigenvalue weighted by Gasteiger charge is -2.14. The average molecular weight is 423 g/mol. The normalized spacial score (nSPS) is 11.5. The third-order valence-electron chi connectivity index (χ3n) is 5.22. The Kier molecular flexibility index (Phi) is 4.90. The van der Waals surface area contributed by atoms with Gasteiger partial charge in [-0.1, -0.05) is 6.92 Å². The molecule has 9 heteroatoms. The van der Waals surface area contributed by atoms with Crippen molar-refractivity contribution < 1.29 is 10.2 Å². The van der Waals surface area contributed by atoms with Crippen molar-refractivity contribution in [2.75, 3.05) is 0 Å². The first-order valence-corrected chi connectivity index (χ1v) is 9.98. The molecule has 0 radical (unpaired) electrons. The van der Waals surface area contributed by atoms with Crippen LogP contribution >= 0.6 is 12.2 Å². The summed E-state index contributed by atoms with van der Waals surface area (Å²) in [5.74, 6) is 0.447. The molecule has 154 valence electrons. The van der Waals surface area contributed by atoms with Gasteiger partial charge in [0.15, 0.2) is 10.6 Å². The fraction of sp³-hybridized carbons (Fsp3) is 0.238. The zero-order valence-electron chi connectivity index (χ0n) is 16.7. The number of hydrogen-bond donors (Lipinski definition) is 3. The Morgan fingerprint density at radius 2 is 1.97 bits per heavy atom. The van der Waals surface area contributed by atoms with Crippen LogP contribution in [-0.4, -0.2) is 29.5 Å². The van der Waals surface area contributed by atoms with Crippen LogP contribution in [-0.2, 0) is 6.42 Å². The monoisotopic (exact) mass is 423 g/mol. The molecular weight excluding hydrogens is 402 g/mol. The second kappa shape index (κ2) is 7.42. The second-order valence-electron chi connectivity index (χ2n) is 7.31. The molecule has 0 aliphatic heterocycles. The van der Waals surface area contributed by atoms with E-state index in [-0.39, 0.29) is 23.2 Å². The van der Waals surface area contributed by atoms with Crippen molar-refractivity contribution in [3.05, 3.63) is 51.8 Å². The van der Waals surface area contributed by atoms with E-state index in [0.29, 0.717) is 39.3 Å². The van der Waals surface area contributed by atoms with Crippen LogP contribution in [0.2, 0.25) is 0 Å². The Labute approximate surface area is 177 Å². The molecule has 3 N–H and O–H groups in total. The molecule has 2 heterocycles. The van der Waals surface area contributed by atoms with Crippen LogP contribution < -0.4 is 0 Å². The Hall–Kier alpha value is -3.46. The molecule has 0 bridgehead atoms. The van der Waals surface area contributed by atoms with Gasteiger partial charge < -0.3 is 14.8 Å². The van der Waals surface area contributed by atoms with Crippen molar-refractivity contribution >= 4 is 28.8 Å². The molecule has 0 spiro atoms. The second-order valence-corrected chi connectivity index (χ2v) is 7.70. The number of aromatic hydroxyl groups is 2. The third-order valence-corrected chi connectivity index (χ3v) is 5.49. The summed E-state index contributed by atoms with van der Waals surface area (Å²) in [5, 5.41) is 32.0. The summed E-state index contributed by atoms with van der Waals surface area (Å²) in [6.07, 6.45) is 2.49. The summed E-state index contributed by atoms with van der Waals surface area (Å²) in [6, 6.07) is 8.48. The van der Waals surface area contributed by atoms with E-state index in [4.69, 9.17) is 12.2 Å². The van der Waals surface area contributed by atoms with Gasteiger partial charge in [0.25, 0.3) is 0 Å². The number of phenols is 2. The molecule has 2 aromatic carbocycles. The maximum atomic E-state index is 11.1. The van der Waals surface area contributed by atoms with E-state index in [1.807, 2.05) is 37.6 Å². The molecule has 0 aliphatic rings. The maximum absolute atomic E-state index is 11.1. The summed E-state index contributed by atoms with van der Waals surface area (Å²) < 4.78 is 4.03. The van der Waals surface area contributed by atoms with Crippen molar-refractivity contribution in [2.45, 2.75) is 33.2 Å². The quantitative estimate of drug-likeness (QED) is 0.290. The predicted octanol–water partition coefficient (Wildman–Crippen LogP) is 5.50. The zero-order chi connectivity index (χ0) is 21.6. The number of hydrogen-bond acceptors (Lipinski definition) is 6. The molecular formula is C21H21N5O3S. The lowest BCUT2D eigenvalue weighted by molar-refractivity contribution is 0.474.